The number of carbonyl (C=O) groups excluding carboxylic acids is 2. The van der Waals surface area contributed by atoms with Gasteiger partial charge in [-0.25, -0.2) is 9.59 Å². The van der Waals surface area contributed by atoms with Crippen molar-refractivity contribution in [3.63, 3.8) is 0 Å². The number of rotatable bonds is 6. The van der Waals surface area contributed by atoms with E-state index < -0.39 is 17.5 Å². The van der Waals surface area contributed by atoms with Gasteiger partial charge in [0.2, 0.25) is 0 Å². The van der Waals surface area contributed by atoms with E-state index in [-0.39, 0.29) is 25.5 Å². The molecule has 0 atom stereocenters. The smallest absolute Gasteiger partial charge is 0.349 e. The van der Waals surface area contributed by atoms with E-state index in [1.165, 1.54) is 0 Å². The molecule has 0 aliphatic heterocycles. The first kappa shape index (κ1) is 14.4. The molecule has 0 unspecified atom stereocenters. The molecule has 0 amide bonds. The summed E-state index contributed by atoms with van der Waals surface area (Å²) >= 11 is 0. The van der Waals surface area contributed by atoms with Crippen molar-refractivity contribution in [2.45, 2.75) is 13.8 Å². The molecule has 0 aromatic rings. The van der Waals surface area contributed by atoms with Gasteiger partial charge in [-0.15, -0.1) is 0 Å². The Kier molecular flexibility index (Phi) is 6.95. The van der Waals surface area contributed by atoms with Crippen molar-refractivity contribution in [1.82, 2.24) is 5.32 Å². The van der Waals surface area contributed by atoms with Crippen molar-refractivity contribution in [2.24, 2.45) is 0 Å². The number of likely N-dealkylation sites (N-methyl/N-ethyl adjacent to an activating group) is 1. The zero-order valence-electron chi connectivity index (χ0n) is 9.70. The molecule has 0 spiro atoms. The van der Waals surface area contributed by atoms with Crippen LogP contribution in [0.1, 0.15) is 13.8 Å². The van der Waals surface area contributed by atoms with E-state index in [1.807, 2.05) is 0 Å². The van der Waals surface area contributed by atoms with Crippen LogP contribution >= 0.6 is 0 Å². The van der Waals surface area contributed by atoms with E-state index in [2.05, 4.69) is 14.8 Å². The number of aliphatic hydroxyl groups is 1. The van der Waals surface area contributed by atoms with E-state index in [4.69, 9.17) is 0 Å². The molecule has 0 saturated carbocycles. The average molecular weight is 231 g/mol. The SMILES string of the molecule is CCOC(=O)C(C(=O)OCC)=C(O)CNC. The summed E-state index contributed by atoms with van der Waals surface area (Å²) in [6.07, 6.45) is 0. The third kappa shape index (κ3) is 4.31. The Hall–Kier alpha value is -1.56. The molecule has 0 radical (unpaired) electrons. The van der Waals surface area contributed by atoms with Crippen molar-refractivity contribution in [2.75, 3.05) is 26.8 Å². The molecule has 0 bridgehead atoms. The Morgan fingerprint density at radius 1 is 1.12 bits per heavy atom. The first-order valence-corrected chi connectivity index (χ1v) is 4.99. The van der Waals surface area contributed by atoms with Crippen LogP contribution < -0.4 is 5.32 Å². The van der Waals surface area contributed by atoms with Crippen LogP contribution in [0.4, 0.5) is 0 Å². The Morgan fingerprint density at radius 2 is 1.56 bits per heavy atom. The molecule has 0 heterocycles. The maximum Gasteiger partial charge on any atom is 0.349 e. The summed E-state index contributed by atoms with van der Waals surface area (Å²) in [7, 11) is 1.57. The van der Waals surface area contributed by atoms with Crippen molar-refractivity contribution >= 4 is 11.9 Å². The second kappa shape index (κ2) is 7.70. The highest BCUT2D eigenvalue weighted by Crippen LogP contribution is 2.07. The molecular weight excluding hydrogens is 214 g/mol. The van der Waals surface area contributed by atoms with Crippen LogP contribution in [0.15, 0.2) is 11.3 Å². The van der Waals surface area contributed by atoms with Crippen LogP contribution in [0.25, 0.3) is 0 Å². The van der Waals surface area contributed by atoms with Crippen molar-refractivity contribution < 1.29 is 24.2 Å². The van der Waals surface area contributed by atoms with Gasteiger partial charge in [0.15, 0.2) is 5.57 Å². The first-order valence-electron chi connectivity index (χ1n) is 4.99. The molecular formula is C10H17NO5. The molecule has 0 aromatic heterocycles. The van der Waals surface area contributed by atoms with Crippen LogP contribution in [0.2, 0.25) is 0 Å². The summed E-state index contributed by atoms with van der Waals surface area (Å²) in [5.41, 5.74) is -0.460. The van der Waals surface area contributed by atoms with Crippen LogP contribution in [0.5, 0.6) is 0 Å². The minimum absolute atomic E-state index is 0.00698. The maximum atomic E-state index is 11.4. The summed E-state index contributed by atoms with van der Waals surface area (Å²) < 4.78 is 9.31. The van der Waals surface area contributed by atoms with Gasteiger partial charge in [-0.05, 0) is 20.9 Å². The normalized spacial score (nSPS) is 9.44. The zero-order valence-corrected chi connectivity index (χ0v) is 9.70. The van der Waals surface area contributed by atoms with Crippen molar-refractivity contribution in [1.29, 1.82) is 0 Å². The predicted molar refractivity (Wildman–Crippen MR) is 56.8 cm³/mol. The monoisotopic (exact) mass is 231 g/mol. The van der Waals surface area contributed by atoms with Crippen molar-refractivity contribution in [3.05, 3.63) is 11.3 Å². The van der Waals surface area contributed by atoms with E-state index in [9.17, 15) is 14.7 Å². The van der Waals surface area contributed by atoms with E-state index in [0.717, 1.165) is 0 Å². The number of hydrogen-bond acceptors (Lipinski definition) is 6. The highest BCUT2D eigenvalue weighted by molar-refractivity contribution is 6.14. The fraction of sp³-hybridized carbons (Fsp3) is 0.600. The minimum Gasteiger partial charge on any atom is -0.510 e. The summed E-state index contributed by atoms with van der Waals surface area (Å²) in [5, 5.41) is 12.1. The van der Waals surface area contributed by atoms with Crippen LogP contribution in [-0.2, 0) is 19.1 Å². The molecule has 0 saturated heterocycles. The van der Waals surface area contributed by atoms with Gasteiger partial charge in [0, 0.05) is 0 Å². The fourth-order valence-electron chi connectivity index (χ4n) is 0.981. The average Bonchev–Trinajstić information content (AvgIpc) is 2.19. The molecule has 16 heavy (non-hydrogen) atoms. The van der Waals surface area contributed by atoms with Crippen LogP contribution in [0, 0.1) is 0 Å². The Balaban J connectivity index is 4.96. The Bertz CT molecular complexity index is 265. The largest absolute Gasteiger partial charge is 0.510 e. The second-order valence-electron chi connectivity index (χ2n) is 2.79. The standard InChI is InChI=1S/C10H17NO5/c1-4-15-9(13)8(7(12)6-11-3)10(14)16-5-2/h11-12H,4-6H2,1-3H3. The van der Waals surface area contributed by atoms with E-state index >= 15 is 0 Å². The van der Waals surface area contributed by atoms with Crippen molar-refractivity contribution in [3.8, 4) is 0 Å². The number of nitrogens with one attached hydrogen (secondary N) is 1. The predicted octanol–water partition coefficient (Wildman–Crippen LogP) is 0.144. The summed E-state index contributed by atoms with van der Waals surface area (Å²) in [4.78, 5) is 22.8. The lowest BCUT2D eigenvalue weighted by atomic mass is 10.2. The number of aliphatic hydroxyl groups excluding tert-OH is 1. The topological polar surface area (TPSA) is 84.9 Å². The lowest BCUT2D eigenvalue weighted by molar-refractivity contribution is -0.147. The van der Waals surface area contributed by atoms with Gasteiger partial charge in [0.1, 0.15) is 5.76 Å². The van der Waals surface area contributed by atoms with Gasteiger partial charge < -0.3 is 19.9 Å². The zero-order chi connectivity index (χ0) is 12.6. The molecule has 2 N–H and O–H groups in total. The lowest BCUT2D eigenvalue weighted by Crippen LogP contribution is -2.24. The van der Waals surface area contributed by atoms with Gasteiger partial charge >= 0.3 is 11.9 Å². The van der Waals surface area contributed by atoms with Crippen LogP contribution in [0.3, 0.4) is 0 Å². The van der Waals surface area contributed by atoms with E-state index in [0.29, 0.717) is 0 Å². The number of carbonyl (C=O) groups is 2. The Labute approximate surface area is 94.2 Å². The quantitative estimate of drug-likeness (QED) is 0.222. The third-order valence-electron chi connectivity index (χ3n) is 1.59. The summed E-state index contributed by atoms with van der Waals surface area (Å²) in [6.45, 7) is 3.45. The molecule has 0 fully saturated rings. The molecule has 6 heteroatoms. The van der Waals surface area contributed by atoms with Gasteiger partial charge in [-0.1, -0.05) is 0 Å². The minimum atomic E-state index is -0.881. The summed E-state index contributed by atoms with van der Waals surface area (Å²) in [6, 6.07) is 0. The molecule has 0 aliphatic carbocycles. The first-order chi connectivity index (χ1) is 7.58. The fourth-order valence-corrected chi connectivity index (χ4v) is 0.981. The van der Waals surface area contributed by atoms with Gasteiger partial charge in [-0.3, -0.25) is 0 Å². The van der Waals surface area contributed by atoms with Gasteiger partial charge in [-0.2, -0.15) is 0 Å². The maximum absolute atomic E-state index is 11.4. The lowest BCUT2D eigenvalue weighted by Gasteiger charge is -2.08. The number of ether oxygens (including phenoxy) is 2. The molecule has 6 nitrogen and oxygen atoms in total. The highest BCUT2D eigenvalue weighted by Gasteiger charge is 2.25. The number of hydrogen-bond donors (Lipinski definition) is 2. The highest BCUT2D eigenvalue weighted by atomic mass is 16.6. The van der Waals surface area contributed by atoms with Gasteiger partial charge in [0.25, 0.3) is 0 Å². The molecule has 92 valence electrons. The third-order valence-corrected chi connectivity index (χ3v) is 1.59. The second-order valence-corrected chi connectivity index (χ2v) is 2.79. The van der Waals surface area contributed by atoms with E-state index in [1.54, 1.807) is 20.9 Å². The van der Waals surface area contributed by atoms with Crippen LogP contribution in [-0.4, -0.2) is 43.9 Å². The Morgan fingerprint density at radius 3 is 1.88 bits per heavy atom. The summed E-state index contributed by atoms with van der Waals surface area (Å²) in [5.74, 6) is -2.15. The molecule has 0 aliphatic rings. The molecule has 0 aromatic carbocycles. The van der Waals surface area contributed by atoms with Gasteiger partial charge in [0.05, 0.1) is 19.8 Å². The molecule has 0 rings (SSSR count). The number of esters is 2.